The predicted molar refractivity (Wildman–Crippen MR) is 62.0 cm³/mol. The van der Waals surface area contributed by atoms with Crippen LogP contribution in [0.2, 0.25) is 0 Å². The Morgan fingerprint density at radius 3 is 2.78 bits per heavy atom. The summed E-state index contributed by atoms with van der Waals surface area (Å²) in [5, 5.41) is 6.53. The van der Waals surface area contributed by atoms with Crippen LogP contribution < -0.4 is 5.32 Å². The molecule has 0 radical (unpaired) electrons. The van der Waals surface area contributed by atoms with Crippen LogP contribution in [0.3, 0.4) is 0 Å². The molecule has 0 bridgehead atoms. The summed E-state index contributed by atoms with van der Waals surface area (Å²) < 4.78 is 6.24. The molecule has 1 amide bonds. The molecule has 0 fully saturated rings. The molecule has 0 saturated heterocycles. The number of carbonyl (C=O) groups is 1. The zero-order chi connectivity index (χ0) is 13.0. The minimum Gasteiger partial charge on any atom is -0.372 e. The van der Waals surface area contributed by atoms with Gasteiger partial charge < -0.3 is 4.74 Å². The number of carbonyl (C=O) groups excluding carboxylic acids is 1. The number of aromatic nitrogens is 5. The highest BCUT2D eigenvalue weighted by Crippen LogP contribution is 2.07. The topological polar surface area (TPSA) is 94.8 Å². The quantitative estimate of drug-likeness (QED) is 0.820. The van der Waals surface area contributed by atoms with Crippen molar-refractivity contribution < 1.29 is 9.53 Å². The van der Waals surface area contributed by atoms with E-state index in [0.29, 0.717) is 5.95 Å². The average Bonchev–Trinajstić information content (AvgIpc) is 2.86. The van der Waals surface area contributed by atoms with E-state index >= 15 is 0 Å². The van der Waals surface area contributed by atoms with E-state index in [9.17, 15) is 4.79 Å². The van der Waals surface area contributed by atoms with Gasteiger partial charge in [0.1, 0.15) is 12.4 Å². The minimum absolute atomic E-state index is 0.245. The molecule has 2 heterocycles. The third-order valence-corrected chi connectivity index (χ3v) is 2.25. The van der Waals surface area contributed by atoms with Crippen molar-refractivity contribution in [2.24, 2.45) is 0 Å². The molecule has 0 saturated carbocycles. The molecule has 1 unspecified atom stereocenters. The smallest absolute Gasteiger partial charge is 0.255 e. The first-order chi connectivity index (χ1) is 8.72. The largest absolute Gasteiger partial charge is 0.372 e. The van der Waals surface area contributed by atoms with Gasteiger partial charge in [-0.25, -0.2) is 9.97 Å². The standard InChI is InChI=1S/C10H12N6O2/c1-7(18-2)8(17)15-10-13-6-14-16(10)9-11-4-3-5-12-9/h3-7H,1-2H3,(H,13,14,15,17). The van der Waals surface area contributed by atoms with Gasteiger partial charge in [0.05, 0.1) is 0 Å². The number of nitrogens with one attached hydrogen (secondary N) is 1. The lowest BCUT2D eigenvalue weighted by molar-refractivity contribution is -0.124. The van der Waals surface area contributed by atoms with Gasteiger partial charge in [-0.05, 0) is 13.0 Å². The maximum absolute atomic E-state index is 11.7. The van der Waals surface area contributed by atoms with Crippen LogP contribution >= 0.6 is 0 Å². The number of methoxy groups -OCH3 is 1. The molecule has 8 nitrogen and oxygen atoms in total. The zero-order valence-electron chi connectivity index (χ0n) is 9.94. The van der Waals surface area contributed by atoms with E-state index in [0.717, 1.165) is 0 Å². The van der Waals surface area contributed by atoms with Crippen LogP contribution in [0.5, 0.6) is 0 Å². The Bertz CT molecular complexity index is 526. The van der Waals surface area contributed by atoms with Gasteiger partial charge in [-0.3, -0.25) is 10.1 Å². The van der Waals surface area contributed by atoms with E-state index in [1.165, 1.54) is 18.1 Å². The van der Waals surface area contributed by atoms with Crippen molar-refractivity contribution in [3.05, 3.63) is 24.8 Å². The van der Waals surface area contributed by atoms with Crippen LogP contribution in [-0.2, 0) is 9.53 Å². The van der Waals surface area contributed by atoms with Gasteiger partial charge >= 0.3 is 0 Å². The molecular weight excluding hydrogens is 236 g/mol. The summed E-state index contributed by atoms with van der Waals surface area (Å²) in [6.07, 6.45) is 3.89. The van der Waals surface area contributed by atoms with Crippen LogP contribution in [0.25, 0.3) is 5.95 Å². The van der Waals surface area contributed by atoms with Gasteiger partial charge in [0.15, 0.2) is 0 Å². The summed E-state index contributed by atoms with van der Waals surface area (Å²) in [6, 6.07) is 1.69. The number of nitrogens with zero attached hydrogens (tertiary/aromatic N) is 5. The van der Waals surface area contributed by atoms with Gasteiger partial charge in [-0.2, -0.15) is 14.8 Å². The van der Waals surface area contributed by atoms with Crippen LogP contribution in [0.4, 0.5) is 5.95 Å². The summed E-state index contributed by atoms with van der Waals surface area (Å²) in [5.41, 5.74) is 0. The van der Waals surface area contributed by atoms with Crippen molar-refractivity contribution in [3.63, 3.8) is 0 Å². The van der Waals surface area contributed by atoms with E-state index in [4.69, 9.17) is 4.74 Å². The highest BCUT2D eigenvalue weighted by molar-refractivity contribution is 5.92. The van der Waals surface area contributed by atoms with Crippen LogP contribution in [0.15, 0.2) is 24.8 Å². The molecule has 0 aliphatic carbocycles. The zero-order valence-corrected chi connectivity index (χ0v) is 9.94. The SMILES string of the molecule is COC(C)C(=O)Nc1ncnn1-c1ncccn1. The lowest BCUT2D eigenvalue weighted by Gasteiger charge is -2.09. The van der Waals surface area contributed by atoms with E-state index in [-0.39, 0.29) is 11.9 Å². The third-order valence-electron chi connectivity index (χ3n) is 2.25. The molecule has 1 N–H and O–H groups in total. The summed E-state index contributed by atoms with van der Waals surface area (Å²) in [4.78, 5) is 23.6. The molecule has 1 atom stereocenters. The Balaban J connectivity index is 2.21. The Morgan fingerprint density at radius 2 is 2.11 bits per heavy atom. The maximum atomic E-state index is 11.7. The molecule has 0 aliphatic heterocycles. The fourth-order valence-corrected chi connectivity index (χ4v) is 1.19. The first kappa shape index (κ1) is 12.1. The molecule has 94 valence electrons. The molecule has 8 heteroatoms. The molecule has 0 aliphatic rings. The van der Waals surface area contributed by atoms with Crippen molar-refractivity contribution in [1.82, 2.24) is 24.7 Å². The summed E-state index contributed by atoms with van der Waals surface area (Å²) in [7, 11) is 1.45. The van der Waals surface area contributed by atoms with Gasteiger partial charge in [0, 0.05) is 19.5 Å². The van der Waals surface area contributed by atoms with Gasteiger partial charge in [-0.1, -0.05) is 0 Å². The molecule has 2 aromatic rings. The van der Waals surface area contributed by atoms with Gasteiger partial charge in [0.2, 0.25) is 5.95 Å². The number of hydrogen-bond donors (Lipinski definition) is 1. The lowest BCUT2D eigenvalue weighted by atomic mass is 10.4. The molecule has 2 aromatic heterocycles. The molecular formula is C10H12N6O2. The van der Waals surface area contributed by atoms with E-state index in [2.05, 4.69) is 25.4 Å². The summed E-state index contributed by atoms with van der Waals surface area (Å²) >= 11 is 0. The fraction of sp³-hybridized carbons (Fsp3) is 0.300. The maximum Gasteiger partial charge on any atom is 0.255 e. The number of anilines is 1. The van der Waals surface area contributed by atoms with Gasteiger partial charge in [-0.15, -0.1) is 0 Å². The Kier molecular flexibility index (Phi) is 3.58. The van der Waals surface area contributed by atoms with Gasteiger partial charge in [0.25, 0.3) is 11.9 Å². The molecule has 0 aromatic carbocycles. The van der Waals surface area contributed by atoms with E-state index < -0.39 is 6.10 Å². The Morgan fingerprint density at radius 1 is 1.39 bits per heavy atom. The van der Waals surface area contributed by atoms with Crippen LogP contribution in [0, 0.1) is 0 Å². The monoisotopic (exact) mass is 248 g/mol. The molecule has 18 heavy (non-hydrogen) atoms. The number of ether oxygens (including phenoxy) is 1. The van der Waals surface area contributed by atoms with E-state index in [1.807, 2.05) is 0 Å². The highest BCUT2D eigenvalue weighted by Gasteiger charge is 2.16. The van der Waals surface area contributed by atoms with Crippen LogP contribution in [-0.4, -0.2) is 43.9 Å². The van der Waals surface area contributed by atoms with Crippen molar-refractivity contribution in [2.45, 2.75) is 13.0 Å². The second-order valence-electron chi connectivity index (χ2n) is 3.41. The normalized spacial score (nSPS) is 12.1. The highest BCUT2D eigenvalue weighted by atomic mass is 16.5. The lowest BCUT2D eigenvalue weighted by Crippen LogP contribution is -2.28. The number of amides is 1. The average molecular weight is 248 g/mol. The van der Waals surface area contributed by atoms with Crippen LogP contribution in [0.1, 0.15) is 6.92 Å². The second-order valence-corrected chi connectivity index (χ2v) is 3.41. The number of rotatable bonds is 4. The first-order valence-corrected chi connectivity index (χ1v) is 5.23. The number of hydrogen-bond acceptors (Lipinski definition) is 6. The fourth-order valence-electron chi connectivity index (χ4n) is 1.19. The van der Waals surface area contributed by atoms with E-state index in [1.54, 1.807) is 25.4 Å². The Labute approximate surface area is 103 Å². The minimum atomic E-state index is -0.577. The van der Waals surface area contributed by atoms with Crippen molar-refractivity contribution in [1.29, 1.82) is 0 Å². The predicted octanol–water partition coefficient (Wildman–Crippen LogP) is 0.0307. The second kappa shape index (κ2) is 5.32. The third kappa shape index (κ3) is 2.48. The van der Waals surface area contributed by atoms with Crippen molar-refractivity contribution in [3.8, 4) is 5.95 Å². The summed E-state index contributed by atoms with van der Waals surface area (Å²) in [5.74, 6) is 0.258. The molecule has 2 rings (SSSR count). The van der Waals surface area contributed by atoms with Crippen molar-refractivity contribution >= 4 is 11.9 Å². The Hall–Kier alpha value is -2.35. The van der Waals surface area contributed by atoms with Crippen molar-refractivity contribution in [2.75, 3.05) is 12.4 Å². The summed E-state index contributed by atoms with van der Waals surface area (Å²) in [6.45, 7) is 1.63. The first-order valence-electron chi connectivity index (χ1n) is 5.23. The molecule has 0 spiro atoms.